The second kappa shape index (κ2) is 8.92. The lowest BCUT2D eigenvalue weighted by Gasteiger charge is -2.23. The maximum atomic E-state index is 13.4. The first-order valence-corrected chi connectivity index (χ1v) is 11.3. The van der Waals surface area contributed by atoms with Crippen molar-refractivity contribution in [3.05, 3.63) is 51.7 Å². The molecule has 10 heteroatoms. The van der Waals surface area contributed by atoms with E-state index in [-0.39, 0.29) is 11.6 Å². The van der Waals surface area contributed by atoms with Gasteiger partial charge in [-0.1, -0.05) is 28.9 Å². The minimum Gasteiger partial charge on any atom is -0.381 e. The first-order chi connectivity index (χ1) is 16.0. The molecule has 3 aromatic heterocycles. The quantitative estimate of drug-likeness (QED) is 0.468. The summed E-state index contributed by atoms with van der Waals surface area (Å²) in [6.45, 7) is 5.55. The van der Waals surface area contributed by atoms with Crippen LogP contribution in [0.1, 0.15) is 25.7 Å². The summed E-state index contributed by atoms with van der Waals surface area (Å²) in [6.07, 6.45) is 3.54. The van der Waals surface area contributed by atoms with Crippen LogP contribution in [0.3, 0.4) is 0 Å². The maximum Gasteiger partial charge on any atom is 0.260 e. The normalized spacial score (nSPS) is 14.6. The zero-order chi connectivity index (χ0) is 22.9. The fourth-order valence-corrected chi connectivity index (χ4v) is 4.31. The van der Waals surface area contributed by atoms with E-state index in [1.54, 1.807) is 35.9 Å². The average Bonchev–Trinajstić information content (AvgIpc) is 3.26. The SMILES string of the molecule is CCn1c(=O)c(-c2ccc(-c3noc(C)n3)cc2Cl)cc2cnc(NC3CCOCC3)nc21. The van der Waals surface area contributed by atoms with Crippen molar-refractivity contribution < 1.29 is 9.26 Å². The highest BCUT2D eigenvalue weighted by molar-refractivity contribution is 6.33. The molecular formula is C23H23ClN6O3. The highest BCUT2D eigenvalue weighted by Gasteiger charge is 2.18. The van der Waals surface area contributed by atoms with Crippen molar-refractivity contribution in [3.63, 3.8) is 0 Å². The number of pyridine rings is 1. The van der Waals surface area contributed by atoms with Crippen LogP contribution in [0.2, 0.25) is 5.02 Å². The first kappa shape index (κ1) is 21.5. The Balaban J connectivity index is 1.54. The standard InChI is InChI=1S/C23H23ClN6O3/c1-3-30-21-15(12-25-23(28-21)27-16-6-8-32-9-7-16)10-18(22(30)31)17-5-4-14(11-19(17)24)20-26-13(2)33-29-20/h4-5,10-12,16H,3,6-9H2,1-2H3,(H,25,27,28). The van der Waals surface area contributed by atoms with Crippen LogP contribution in [-0.2, 0) is 11.3 Å². The van der Waals surface area contributed by atoms with Gasteiger partial charge in [0.05, 0.1) is 0 Å². The Bertz CT molecular complexity index is 1380. The van der Waals surface area contributed by atoms with Crippen molar-refractivity contribution in [2.24, 2.45) is 0 Å². The molecule has 1 saturated heterocycles. The minimum absolute atomic E-state index is 0.161. The van der Waals surface area contributed by atoms with Gasteiger partial charge in [-0.05, 0) is 31.9 Å². The highest BCUT2D eigenvalue weighted by atomic mass is 35.5. The molecule has 1 aromatic carbocycles. The van der Waals surface area contributed by atoms with E-state index in [2.05, 4.69) is 25.4 Å². The van der Waals surface area contributed by atoms with E-state index in [0.29, 0.717) is 51.6 Å². The summed E-state index contributed by atoms with van der Waals surface area (Å²) >= 11 is 6.59. The Kier molecular flexibility index (Phi) is 5.82. The van der Waals surface area contributed by atoms with Crippen LogP contribution in [0.15, 0.2) is 39.8 Å². The van der Waals surface area contributed by atoms with Gasteiger partial charge in [0.1, 0.15) is 5.65 Å². The lowest BCUT2D eigenvalue weighted by Crippen LogP contribution is -2.29. The van der Waals surface area contributed by atoms with Gasteiger partial charge >= 0.3 is 0 Å². The van der Waals surface area contributed by atoms with E-state index in [1.807, 2.05) is 13.0 Å². The van der Waals surface area contributed by atoms with Gasteiger partial charge in [-0.15, -0.1) is 0 Å². The third kappa shape index (κ3) is 4.21. The summed E-state index contributed by atoms with van der Waals surface area (Å²) in [5.41, 5.74) is 2.25. The number of nitrogens with one attached hydrogen (secondary N) is 1. The number of anilines is 1. The molecule has 4 aromatic rings. The smallest absolute Gasteiger partial charge is 0.260 e. The number of hydrogen-bond donors (Lipinski definition) is 1. The summed E-state index contributed by atoms with van der Waals surface area (Å²) in [6, 6.07) is 7.41. The summed E-state index contributed by atoms with van der Waals surface area (Å²) < 4.78 is 12.1. The predicted molar refractivity (Wildman–Crippen MR) is 125 cm³/mol. The fraction of sp³-hybridized carbons (Fsp3) is 0.348. The molecular weight excluding hydrogens is 444 g/mol. The van der Waals surface area contributed by atoms with Gasteiger partial charge in [0, 0.05) is 66.0 Å². The van der Waals surface area contributed by atoms with Crippen molar-refractivity contribution >= 4 is 28.6 Å². The van der Waals surface area contributed by atoms with Gasteiger partial charge in [-0.3, -0.25) is 9.36 Å². The van der Waals surface area contributed by atoms with Gasteiger partial charge in [-0.25, -0.2) is 4.98 Å². The third-order valence-corrected chi connectivity index (χ3v) is 6.06. The van der Waals surface area contributed by atoms with Crippen LogP contribution in [-0.4, -0.2) is 43.9 Å². The molecule has 1 aliphatic rings. The van der Waals surface area contributed by atoms with E-state index in [1.165, 1.54) is 0 Å². The molecule has 1 fully saturated rings. The highest BCUT2D eigenvalue weighted by Crippen LogP contribution is 2.31. The van der Waals surface area contributed by atoms with Crippen molar-refractivity contribution in [3.8, 4) is 22.5 Å². The lowest BCUT2D eigenvalue weighted by molar-refractivity contribution is 0.0903. The van der Waals surface area contributed by atoms with Crippen LogP contribution in [0.4, 0.5) is 5.95 Å². The maximum absolute atomic E-state index is 13.4. The Morgan fingerprint density at radius 3 is 2.70 bits per heavy atom. The Morgan fingerprint density at radius 1 is 1.18 bits per heavy atom. The van der Waals surface area contributed by atoms with Gasteiger partial charge in [0.2, 0.25) is 17.7 Å². The van der Waals surface area contributed by atoms with Gasteiger partial charge < -0.3 is 14.6 Å². The molecule has 0 spiro atoms. The largest absolute Gasteiger partial charge is 0.381 e. The molecule has 0 amide bonds. The molecule has 0 atom stereocenters. The van der Waals surface area contributed by atoms with Crippen LogP contribution in [0.5, 0.6) is 0 Å². The molecule has 1 aliphatic heterocycles. The lowest BCUT2D eigenvalue weighted by atomic mass is 10.0. The van der Waals surface area contributed by atoms with Gasteiger partial charge in [-0.2, -0.15) is 9.97 Å². The third-order valence-electron chi connectivity index (χ3n) is 5.74. The monoisotopic (exact) mass is 466 g/mol. The van der Waals surface area contributed by atoms with Crippen LogP contribution in [0.25, 0.3) is 33.5 Å². The molecule has 5 rings (SSSR count). The molecule has 1 N–H and O–H groups in total. The van der Waals surface area contributed by atoms with Crippen molar-refractivity contribution in [1.82, 2.24) is 24.7 Å². The molecule has 0 aliphatic carbocycles. The fourth-order valence-electron chi connectivity index (χ4n) is 4.03. The molecule has 9 nitrogen and oxygen atoms in total. The molecule has 33 heavy (non-hydrogen) atoms. The minimum atomic E-state index is -0.161. The zero-order valence-corrected chi connectivity index (χ0v) is 19.1. The van der Waals surface area contributed by atoms with Gasteiger partial charge in [0.15, 0.2) is 0 Å². The number of hydrogen-bond acceptors (Lipinski definition) is 8. The van der Waals surface area contributed by atoms with Crippen molar-refractivity contribution in [2.75, 3.05) is 18.5 Å². The van der Waals surface area contributed by atoms with Gasteiger partial charge in [0.25, 0.3) is 5.56 Å². The summed E-state index contributed by atoms with van der Waals surface area (Å²) in [5.74, 6) is 1.43. The van der Waals surface area contributed by atoms with E-state index >= 15 is 0 Å². The Morgan fingerprint density at radius 2 is 2.00 bits per heavy atom. The number of rotatable bonds is 5. The van der Waals surface area contributed by atoms with Crippen molar-refractivity contribution in [2.45, 2.75) is 39.3 Å². The van der Waals surface area contributed by atoms with Crippen LogP contribution in [0, 0.1) is 6.92 Å². The van der Waals surface area contributed by atoms with E-state index in [0.717, 1.165) is 31.4 Å². The number of halogens is 1. The number of benzene rings is 1. The Hall–Kier alpha value is -3.30. The van der Waals surface area contributed by atoms with E-state index in [4.69, 9.17) is 20.9 Å². The zero-order valence-electron chi connectivity index (χ0n) is 18.3. The molecule has 0 bridgehead atoms. The summed E-state index contributed by atoms with van der Waals surface area (Å²) in [5, 5.41) is 8.48. The molecule has 170 valence electrons. The Labute approximate surface area is 194 Å². The van der Waals surface area contributed by atoms with E-state index in [9.17, 15) is 4.79 Å². The second-order valence-corrected chi connectivity index (χ2v) is 8.35. The molecule has 4 heterocycles. The summed E-state index contributed by atoms with van der Waals surface area (Å²) in [7, 11) is 0. The van der Waals surface area contributed by atoms with Crippen LogP contribution < -0.4 is 10.9 Å². The number of aryl methyl sites for hydroxylation is 2. The average molecular weight is 467 g/mol. The second-order valence-electron chi connectivity index (χ2n) is 7.94. The van der Waals surface area contributed by atoms with Crippen molar-refractivity contribution in [1.29, 1.82) is 0 Å². The summed E-state index contributed by atoms with van der Waals surface area (Å²) in [4.78, 5) is 26.8. The van der Waals surface area contributed by atoms with Crippen LogP contribution >= 0.6 is 11.6 Å². The van der Waals surface area contributed by atoms with E-state index < -0.39 is 0 Å². The number of ether oxygens (including phenoxy) is 1. The number of nitrogens with zero attached hydrogens (tertiary/aromatic N) is 5. The number of fused-ring (bicyclic) bond motifs is 1. The number of aromatic nitrogens is 5. The first-order valence-electron chi connectivity index (χ1n) is 10.9. The topological polar surface area (TPSA) is 108 Å². The molecule has 0 radical (unpaired) electrons. The predicted octanol–water partition coefficient (Wildman–Crippen LogP) is 4.08. The molecule has 0 saturated carbocycles. The molecule has 0 unspecified atom stereocenters.